The number of rotatable bonds is 7. The number of carbonyl (C=O) groups is 2. The molecular formula is C15H27NO4. The van der Waals surface area contributed by atoms with Gasteiger partial charge in [0.15, 0.2) is 0 Å². The Balaban J connectivity index is 2.41. The van der Waals surface area contributed by atoms with Crippen LogP contribution in [0.1, 0.15) is 58.8 Å². The van der Waals surface area contributed by atoms with E-state index in [2.05, 4.69) is 5.32 Å². The lowest BCUT2D eigenvalue weighted by atomic mass is 9.79. The first-order chi connectivity index (χ1) is 9.43. The molecule has 5 heteroatoms. The Morgan fingerprint density at radius 3 is 2.15 bits per heavy atom. The quantitative estimate of drug-likeness (QED) is 0.667. The van der Waals surface area contributed by atoms with Gasteiger partial charge < -0.3 is 15.5 Å². The minimum Gasteiger partial charge on any atom is -0.481 e. The number of amides is 1. The van der Waals surface area contributed by atoms with Gasteiger partial charge in [-0.25, -0.2) is 0 Å². The number of hydrogen-bond donors (Lipinski definition) is 3. The highest BCUT2D eigenvalue weighted by atomic mass is 16.4. The van der Waals surface area contributed by atoms with E-state index in [1.165, 1.54) is 0 Å². The summed E-state index contributed by atoms with van der Waals surface area (Å²) >= 11 is 0. The molecule has 116 valence electrons. The van der Waals surface area contributed by atoms with Gasteiger partial charge in [0.05, 0.1) is 11.5 Å². The Morgan fingerprint density at radius 1 is 1.15 bits per heavy atom. The van der Waals surface area contributed by atoms with E-state index in [0.717, 1.165) is 25.7 Å². The first-order valence-electron chi connectivity index (χ1n) is 7.61. The SMILES string of the molecule is CCC(CC)(CC(=O)NCC1CCC(O)CC1)C(=O)O. The van der Waals surface area contributed by atoms with Crippen LogP contribution in [0.2, 0.25) is 0 Å². The standard InChI is InChI=1S/C15H27NO4/c1-3-15(4-2,14(19)20)9-13(18)16-10-11-5-7-12(17)8-6-11/h11-12,17H,3-10H2,1-2H3,(H,16,18)(H,19,20). The number of hydrogen-bond acceptors (Lipinski definition) is 3. The van der Waals surface area contributed by atoms with E-state index >= 15 is 0 Å². The predicted molar refractivity (Wildman–Crippen MR) is 76.2 cm³/mol. The molecule has 0 atom stereocenters. The van der Waals surface area contributed by atoms with E-state index in [4.69, 9.17) is 0 Å². The Bertz CT molecular complexity index is 331. The lowest BCUT2D eigenvalue weighted by Gasteiger charge is -2.28. The summed E-state index contributed by atoms with van der Waals surface area (Å²) in [6, 6.07) is 0. The highest BCUT2D eigenvalue weighted by Gasteiger charge is 2.37. The maximum absolute atomic E-state index is 12.0. The summed E-state index contributed by atoms with van der Waals surface area (Å²) in [5, 5.41) is 21.6. The Morgan fingerprint density at radius 2 is 1.70 bits per heavy atom. The molecule has 5 nitrogen and oxygen atoms in total. The van der Waals surface area contributed by atoms with Crippen molar-refractivity contribution in [3.63, 3.8) is 0 Å². The molecule has 0 saturated heterocycles. The third-order valence-electron chi connectivity index (χ3n) is 4.71. The molecule has 0 aliphatic heterocycles. The number of carbonyl (C=O) groups excluding carboxylic acids is 1. The molecular weight excluding hydrogens is 258 g/mol. The third-order valence-corrected chi connectivity index (χ3v) is 4.71. The average molecular weight is 285 g/mol. The van der Waals surface area contributed by atoms with Crippen LogP contribution in [0.4, 0.5) is 0 Å². The van der Waals surface area contributed by atoms with Crippen molar-refractivity contribution in [1.82, 2.24) is 5.32 Å². The smallest absolute Gasteiger partial charge is 0.310 e. The monoisotopic (exact) mass is 285 g/mol. The number of aliphatic carboxylic acids is 1. The van der Waals surface area contributed by atoms with Crippen LogP contribution < -0.4 is 5.32 Å². The molecule has 1 saturated carbocycles. The van der Waals surface area contributed by atoms with E-state index in [-0.39, 0.29) is 18.4 Å². The van der Waals surface area contributed by atoms with Crippen LogP contribution in [0.3, 0.4) is 0 Å². The van der Waals surface area contributed by atoms with E-state index in [9.17, 15) is 19.8 Å². The maximum atomic E-state index is 12.0. The summed E-state index contributed by atoms with van der Waals surface area (Å²) in [7, 11) is 0. The second-order valence-corrected chi connectivity index (χ2v) is 5.95. The van der Waals surface area contributed by atoms with E-state index in [1.54, 1.807) is 0 Å². The second kappa shape index (κ2) is 7.62. The van der Waals surface area contributed by atoms with Gasteiger partial charge in [-0.05, 0) is 44.4 Å². The molecule has 20 heavy (non-hydrogen) atoms. The predicted octanol–water partition coefficient (Wildman–Crippen LogP) is 1.93. The summed E-state index contributed by atoms with van der Waals surface area (Å²) in [6.45, 7) is 4.22. The topological polar surface area (TPSA) is 86.6 Å². The van der Waals surface area contributed by atoms with Crippen molar-refractivity contribution in [2.45, 2.75) is 64.9 Å². The molecule has 1 amide bonds. The lowest BCUT2D eigenvalue weighted by molar-refractivity contribution is -0.152. The van der Waals surface area contributed by atoms with Crippen LogP contribution in [0.25, 0.3) is 0 Å². The van der Waals surface area contributed by atoms with Gasteiger partial charge in [0.2, 0.25) is 5.91 Å². The number of aliphatic hydroxyl groups is 1. The van der Waals surface area contributed by atoms with Crippen LogP contribution in [0.15, 0.2) is 0 Å². The van der Waals surface area contributed by atoms with Crippen molar-refractivity contribution in [2.75, 3.05) is 6.54 Å². The molecule has 0 radical (unpaired) electrons. The highest BCUT2D eigenvalue weighted by molar-refractivity contribution is 5.84. The van der Waals surface area contributed by atoms with Gasteiger partial charge in [-0.2, -0.15) is 0 Å². The number of carboxylic acid groups (broad SMARTS) is 1. The van der Waals surface area contributed by atoms with Gasteiger partial charge in [0.25, 0.3) is 0 Å². The molecule has 1 fully saturated rings. The molecule has 0 spiro atoms. The van der Waals surface area contributed by atoms with Crippen LogP contribution in [-0.4, -0.2) is 34.7 Å². The number of carboxylic acids is 1. The Labute approximate surface area is 120 Å². The van der Waals surface area contributed by atoms with Crippen LogP contribution in [0, 0.1) is 11.3 Å². The fourth-order valence-corrected chi connectivity index (χ4v) is 2.86. The number of nitrogens with one attached hydrogen (secondary N) is 1. The van der Waals surface area contributed by atoms with Gasteiger partial charge in [0.1, 0.15) is 0 Å². The summed E-state index contributed by atoms with van der Waals surface area (Å²) in [5.74, 6) is -0.662. The normalized spacial score (nSPS) is 23.4. The Kier molecular flexibility index (Phi) is 6.46. The zero-order valence-corrected chi connectivity index (χ0v) is 12.5. The fraction of sp³-hybridized carbons (Fsp3) is 0.867. The van der Waals surface area contributed by atoms with Gasteiger partial charge in [-0.1, -0.05) is 13.8 Å². The maximum Gasteiger partial charge on any atom is 0.310 e. The van der Waals surface area contributed by atoms with E-state index in [0.29, 0.717) is 25.3 Å². The highest BCUT2D eigenvalue weighted by Crippen LogP contribution is 2.31. The molecule has 0 aromatic heterocycles. The fourth-order valence-electron chi connectivity index (χ4n) is 2.86. The summed E-state index contributed by atoms with van der Waals surface area (Å²) in [5.41, 5.74) is -0.938. The molecule has 1 aliphatic rings. The van der Waals surface area contributed by atoms with Crippen LogP contribution >= 0.6 is 0 Å². The first kappa shape index (κ1) is 17.0. The minimum atomic E-state index is -0.938. The Hall–Kier alpha value is -1.10. The molecule has 1 rings (SSSR count). The first-order valence-corrected chi connectivity index (χ1v) is 7.61. The summed E-state index contributed by atoms with van der Waals surface area (Å²) in [4.78, 5) is 23.3. The van der Waals surface area contributed by atoms with Crippen molar-refractivity contribution in [1.29, 1.82) is 0 Å². The largest absolute Gasteiger partial charge is 0.481 e. The molecule has 3 N–H and O–H groups in total. The second-order valence-electron chi connectivity index (χ2n) is 5.95. The summed E-state index contributed by atoms with van der Waals surface area (Å²) < 4.78 is 0. The van der Waals surface area contributed by atoms with E-state index in [1.807, 2.05) is 13.8 Å². The van der Waals surface area contributed by atoms with Gasteiger partial charge in [-0.3, -0.25) is 9.59 Å². The van der Waals surface area contributed by atoms with Crippen molar-refractivity contribution < 1.29 is 19.8 Å². The molecule has 0 heterocycles. The van der Waals surface area contributed by atoms with Gasteiger partial charge >= 0.3 is 5.97 Å². The molecule has 0 aromatic rings. The van der Waals surface area contributed by atoms with Crippen molar-refractivity contribution in [3.05, 3.63) is 0 Å². The van der Waals surface area contributed by atoms with Gasteiger partial charge in [-0.15, -0.1) is 0 Å². The molecule has 0 unspecified atom stereocenters. The third kappa shape index (κ3) is 4.47. The van der Waals surface area contributed by atoms with Gasteiger partial charge in [0, 0.05) is 13.0 Å². The van der Waals surface area contributed by atoms with Crippen molar-refractivity contribution in [2.24, 2.45) is 11.3 Å². The van der Waals surface area contributed by atoms with E-state index < -0.39 is 11.4 Å². The number of aliphatic hydroxyl groups excluding tert-OH is 1. The van der Waals surface area contributed by atoms with Crippen molar-refractivity contribution in [3.8, 4) is 0 Å². The van der Waals surface area contributed by atoms with Crippen LogP contribution in [0.5, 0.6) is 0 Å². The van der Waals surface area contributed by atoms with Crippen LogP contribution in [-0.2, 0) is 9.59 Å². The average Bonchev–Trinajstić information content (AvgIpc) is 2.44. The summed E-state index contributed by atoms with van der Waals surface area (Å²) in [6.07, 6.45) is 4.21. The zero-order valence-electron chi connectivity index (χ0n) is 12.5. The zero-order chi connectivity index (χ0) is 15.2. The molecule has 0 bridgehead atoms. The molecule has 0 aromatic carbocycles. The lowest BCUT2D eigenvalue weighted by Crippen LogP contribution is -2.39. The molecule has 1 aliphatic carbocycles. The minimum absolute atomic E-state index is 0.0463. The van der Waals surface area contributed by atoms with Crippen molar-refractivity contribution >= 4 is 11.9 Å².